The van der Waals surface area contributed by atoms with Gasteiger partial charge in [-0.15, -0.1) is 0 Å². The Hall–Kier alpha value is -0.570. The standard InChI is InChI=1S/C5H10N2O/c1-5(8)7-3-2-6-4-7/h6H,2-4H2,1H3/i/hT. The fourth-order valence-corrected chi connectivity index (χ4v) is 0.711. The van der Waals surface area contributed by atoms with E-state index in [1.54, 1.807) is 4.90 Å². The van der Waals surface area contributed by atoms with Gasteiger partial charge >= 0.3 is 0 Å². The van der Waals surface area contributed by atoms with Gasteiger partial charge in [0, 0.05) is 20.0 Å². The third-order valence-electron chi connectivity index (χ3n) is 1.24. The fraction of sp³-hybridized carbons (Fsp3) is 0.800. The maximum absolute atomic E-state index is 10.6. The van der Waals surface area contributed by atoms with Crippen LogP contribution in [0.1, 0.15) is 6.92 Å². The van der Waals surface area contributed by atoms with Gasteiger partial charge in [-0.2, -0.15) is 0 Å². The largest absolute Gasteiger partial charge is 0.329 e. The zero-order chi connectivity index (χ0) is 6.85. The predicted molar refractivity (Wildman–Crippen MR) is 30.3 cm³/mol. The third kappa shape index (κ3) is 0.980. The fourth-order valence-electron chi connectivity index (χ4n) is 0.711. The molecule has 1 rings (SSSR count). The van der Waals surface area contributed by atoms with Crippen molar-refractivity contribution in [1.82, 2.24) is 10.2 Å². The highest BCUT2D eigenvalue weighted by atomic mass is 16.2. The molecule has 0 bridgehead atoms. The average Bonchev–Trinajstić information content (AvgIpc) is 2.14. The van der Waals surface area contributed by atoms with Crippen molar-refractivity contribution in [3.8, 4) is 0 Å². The second kappa shape index (κ2) is 2.13. The molecule has 0 aliphatic carbocycles. The van der Waals surface area contributed by atoms with Gasteiger partial charge in [0.15, 0.2) is 0 Å². The monoisotopic (exact) mass is 116 g/mol. The molecule has 0 spiro atoms. The van der Waals surface area contributed by atoms with Gasteiger partial charge in [0.2, 0.25) is 5.91 Å². The lowest BCUT2D eigenvalue weighted by atomic mass is 10.6. The van der Waals surface area contributed by atoms with Gasteiger partial charge < -0.3 is 4.90 Å². The van der Waals surface area contributed by atoms with E-state index in [2.05, 4.69) is 0 Å². The van der Waals surface area contributed by atoms with Gasteiger partial charge in [-0.3, -0.25) is 10.1 Å². The first-order valence-corrected chi connectivity index (χ1v) is 2.69. The van der Waals surface area contributed by atoms with Crippen molar-refractivity contribution in [3.05, 3.63) is 0 Å². The molecule has 1 aliphatic heterocycles. The van der Waals surface area contributed by atoms with Crippen LogP contribution in [0.3, 0.4) is 0 Å². The minimum atomic E-state index is 0.0600. The summed E-state index contributed by atoms with van der Waals surface area (Å²) in [6.07, 6.45) is 0. The summed E-state index contributed by atoms with van der Waals surface area (Å²) < 4.78 is 7.10. The minimum Gasteiger partial charge on any atom is -0.329 e. The molecule has 3 nitrogen and oxygen atoms in total. The first-order chi connectivity index (χ1) is 4.20. The molecule has 1 saturated heterocycles. The summed E-state index contributed by atoms with van der Waals surface area (Å²) in [5, 5.41) is 1.38. The van der Waals surface area contributed by atoms with Crippen molar-refractivity contribution in [1.29, 1.82) is 0 Å². The third-order valence-corrected chi connectivity index (χ3v) is 1.24. The van der Waals surface area contributed by atoms with Gasteiger partial charge in [0.25, 0.3) is 0 Å². The number of rotatable bonds is 0. The molecule has 1 N–H and O–H groups in total. The van der Waals surface area contributed by atoms with Crippen LogP contribution in [0.2, 0.25) is 1.41 Å². The molecule has 1 fully saturated rings. The summed E-state index contributed by atoms with van der Waals surface area (Å²) in [6.45, 7) is 3.38. The average molecular weight is 116 g/mol. The second-order valence-corrected chi connectivity index (χ2v) is 1.87. The van der Waals surface area contributed by atoms with Crippen molar-refractivity contribution >= 4 is 5.91 Å². The highest BCUT2D eigenvalue weighted by molar-refractivity contribution is 5.73. The Labute approximate surface area is 50.1 Å². The zero-order valence-electron chi connectivity index (χ0n) is 5.92. The van der Waals surface area contributed by atoms with Crippen LogP contribution in [0.25, 0.3) is 0 Å². The van der Waals surface area contributed by atoms with Crippen LogP contribution in [-0.2, 0) is 4.79 Å². The number of carbonyl (C=O) groups is 1. The van der Waals surface area contributed by atoms with Gasteiger partial charge in [-0.1, -0.05) is 0 Å². The highest BCUT2D eigenvalue weighted by Crippen LogP contribution is 1.90. The van der Waals surface area contributed by atoms with Crippen LogP contribution in [0, 0.1) is 0 Å². The van der Waals surface area contributed by atoms with Gasteiger partial charge in [0.1, 0.15) is 1.41 Å². The van der Waals surface area contributed by atoms with E-state index >= 15 is 0 Å². The van der Waals surface area contributed by atoms with Gasteiger partial charge in [0.05, 0.1) is 6.67 Å². The predicted octanol–water partition coefficient (Wildman–Crippen LogP) is -0.604. The molecule has 1 amide bonds. The topological polar surface area (TPSA) is 32.3 Å². The van der Waals surface area contributed by atoms with E-state index in [9.17, 15) is 4.79 Å². The molecule has 3 heteroatoms. The zero-order valence-corrected chi connectivity index (χ0v) is 4.92. The molecule has 0 radical (unpaired) electrons. The summed E-state index contributed by atoms with van der Waals surface area (Å²) in [5.41, 5.74) is 0. The molecule has 0 unspecified atom stereocenters. The van der Waals surface area contributed by atoms with Crippen LogP contribution >= 0.6 is 0 Å². The lowest BCUT2D eigenvalue weighted by Crippen LogP contribution is -2.26. The van der Waals surface area contributed by atoms with Crippen molar-refractivity contribution in [2.24, 2.45) is 0 Å². The smallest absolute Gasteiger partial charge is 0.220 e. The SMILES string of the molecule is [3H]N1CCN(C(C)=O)C1. The molecule has 46 valence electrons. The van der Waals surface area contributed by atoms with Crippen molar-refractivity contribution < 1.29 is 6.21 Å². The molecule has 0 aromatic heterocycles. The Morgan fingerprint density at radius 3 is 3.00 bits per heavy atom. The van der Waals surface area contributed by atoms with Gasteiger partial charge in [-0.05, 0) is 0 Å². The van der Waals surface area contributed by atoms with Crippen molar-refractivity contribution in [2.75, 3.05) is 19.8 Å². The first-order valence-electron chi connectivity index (χ1n) is 3.14. The Balaban J connectivity index is 2.39. The van der Waals surface area contributed by atoms with Gasteiger partial charge in [-0.25, -0.2) is 0 Å². The van der Waals surface area contributed by atoms with E-state index in [1.807, 2.05) is 0 Å². The summed E-state index contributed by atoms with van der Waals surface area (Å²) in [4.78, 5) is 12.3. The summed E-state index contributed by atoms with van der Waals surface area (Å²) in [7, 11) is 0. The molecule has 0 aromatic rings. The molecule has 1 aliphatic rings. The van der Waals surface area contributed by atoms with E-state index in [1.165, 1.54) is 12.2 Å². The number of hydrogen-bond donors (Lipinski definition) is 1. The lowest BCUT2D eigenvalue weighted by molar-refractivity contribution is -0.127. The van der Waals surface area contributed by atoms with E-state index in [0.29, 0.717) is 19.8 Å². The second-order valence-electron chi connectivity index (χ2n) is 1.87. The van der Waals surface area contributed by atoms with Crippen LogP contribution in [0.5, 0.6) is 0 Å². The molecule has 8 heavy (non-hydrogen) atoms. The number of carbonyl (C=O) groups excluding carboxylic acids is 1. The lowest BCUT2D eigenvalue weighted by Gasteiger charge is -2.09. The van der Waals surface area contributed by atoms with Crippen LogP contribution in [-0.4, -0.2) is 30.6 Å². The van der Waals surface area contributed by atoms with Crippen LogP contribution in [0.15, 0.2) is 0 Å². The maximum Gasteiger partial charge on any atom is 0.220 e. The summed E-state index contributed by atoms with van der Waals surface area (Å²) >= 11 is 0. The summed E-state index contributed by atoms with van der Waals surface area (Å²) in [6, 6.07) is 0. The van der Waals surface area contributed by atoms with Crippen molar-refractivity contribution in [3.63, 3.8) is 0 Å². The Kier molecular flexibility index (Phi) is 1.15. The maximum atomic E-state index is 10.6. The number of nitrogens with one attached hydrogen (secondary N) is 1. The molecular weight excluding hydrogens is 104 g/mol. The Morgan fingerprint density at radius 2 is 2.75 bits per heavy atom. The van der Waals surface area contributed by atoms with E-state index < -0.39 is 0 Å². The molecule has 0 aromatic carbocycles. The first kappa shape index (κ1) is 4.32. The van der Waals surface area contributed by atoms with E-state index in [4.69, 9.17) is 1.41 Å². The minimum absolute atomic E-state index is 0.0600. The van der Waals surface area contributed by atoms with Crippen molar-refractivity contribution in [2.45, 2.75) is 6.92 Å². The molecular formula is C5H10N2O. The number of nitrogens with zero attached hydrogens (tertiary/aromatic N) is 1. The highest BCUT2D eigenvalue weighted by Gasteiger charge is 2.11. The molecule has 0 saturated carbocycles. The van der Waals surface area contributed by atoms with E-state index in [0.717, 1.165) is 0 Å². The van der Waals surface area contributed by atoms with Crippen LogP contribution < -0.4 is 5.31 Å². The number of hydrogen-bond acceptors (Lipinski definition) is 2. The molecule has 0 atom stereocenters. The van der Waals surface area contributed by atoms with Crippen LogP contribution in [0.4, 0.5) is 0 Å². The Bertz CT molecular complexity index is 128. The normalized spacial score (nSPS) is 23.6. The Morgan fingerprint density at radius 1 is 2.00 bits per heavy atom. The van der Waals surface area contributed by atoms with E-state index in [-0.39, 0.29) is 5.91 Å². The quantitative estimate of drug-likeness (QED) is 0.458. The summed E-state index contributed by atoms with van der Waals surface area (Å²) in [5.74, 6) is 0.0600. The number of amides is 1. The molecule has 1 heterocycles.